The lowest BCUT2D eigenvalue weighted by Gasteiger charge is -2.08. The molecule has 0 saturated carbocycles. The second kappa shape index (κ2) is 5.12. The molecule has 0 spiro atoms. The van der Waals surface area contributed by atoms with Gasteiger partial charge >= 0.3 is 0 Å². The molecule has 0 aliphatic rings. The zero-order valence-electron chi connectivity index (χ0n) is 6.53. The first-order valence-electron chi connectivity index (χ1n) is 3.48. The van der Waals surface area contributed by atoms with Gasteiger partial charge in [-0.15, -0.1) is 12.3 Å². The van der Waals surface area contributed by atoms with Crippen molar-refractivity contribution >= 4 is 10.1 Å². The number of hydrogen-bond acceptors (Lipinski definition) is 2. The Labute approximate surface area is 71.7 Å². The molecule has 0 fully saturated rings. The Morgan fingerprint density at radius 3 is 2.50 bits per heavy atom. The monoisotopic (exact) mass is 194 g/mol. The van der Waals surface area contributed by atoms with Crippen molar-refractivity contribution in [3.63, 3.8) is 0 Å². The van der Waals surface area contributed by atoms with Crippen LogP contribution in [0.1, 0.15) is 19.3 Å². The highest BCUT2D eigenvalue weighted by atomic mass is 32.2. The molecular weight excluding hydrogens is 183 g/mol. The van der Waals surface area contributed by atoms with Gasteiger partial charge in [0.2, 0.25) is 0 Å². The lowest BCUT2D eigenvalue weighted by molar-refractivity contribution is 0.434. The van der Waals surface area contributed by atoms with Crippen molar-refractivity contribution in [3.8, 4) is 12.3 Å². The fourth-order valence-electron chi connectivity index (χ4n) is 0.793. The van der Waals surface area contributed by atoms with Gasteiger partial charge in [-0.2, -0.15) is 8.42 Å². The molecule has 0 rings (SSSR count). The van der Waals surface area contributed by atoms with Gasteiger partial charge in [-0.1, -0.05) is 0 Å². The van der Waals surface area contributed by atoms with Crippen molar-refractivity contribution in [2.24, 2.45) is 0 Å². The Hall–Kier alpha value is -0.600. The zero-order valence-corrected chi connectivity index (χ0v) is 7.35. The van der Waals surface area contributed by atoms with E-state index in [1.807, 2.05) is 0 Å². The van der Waals surface area contributed by atoms with Crippen LogP contribution in [0.4, 0.5) is 4.39 Å². The van der Waals surface area contributed by atoms with Crippen molar-refractivity contribution in [2.45, 2.75) is 24.5 Å². The van der Waals surface area contributed by atoms with Crippen LogP contribution in [0.5, 0.6) is 0 Å². The summed E-state index contributed by atoms with van der Waals surface area (Å²) >= 11 is 0. The predicted molar refractivity (Wildman–Crippen MR) is 44.0 cm³/mol. The Morgan fingerprint density at radius 2 is 2.17 bits per heavy atom. The number of rotatable bonds is 5. The van der Waals surface area contributed by atoms with Gasteiger partial charge in [0.15, 0.2) is 0 Å². The van der Waals surface area contributed by atoms with E-state index in [1.54, 1.807) is 0 Å². The van der Waals surface area contributed by atoms with Gasteiger partial charge < -0.3 is 0 Å². The molecule has 0 aliphatic carbocycles. The van der Waals surface area contributed by atoms with E-state index in [-0.39, 0.29) is 19.3 Å². The topological polar surface area (TPSA) is 54.4 Å². The average Bonchev–Trinajstić information content (AvgIpc) is 1.95. The lowest BCUT2D eigenvalue weighted by Crippen LogP contribution is -2.20. The molecule has 5 heteroatoms. The van der Waals surface area contributed by atoms with E-state index in [0.29, 0.717) is 0 Å². The van der Waals surface area contributed by atoms with Crippen molar-refractivity contribution in [3.05, 3.63) is 0 Å². The molecule has 0 aliphatic heterocycles. The van der Waals surface area contributed by atoms with Crippen LogP contribution in [0.15, 0.2) is 0 Å². The minimum Gasteiger partial charge on any atom is -0.285 e. The van der Waals surface area contributed by atoms with Crippen LogP contribution in [-0.2, 0) is 10.1 Å². The molecule has 12 heavy (non-hydrogen) atoms. The van der Waals surface area contributed by atoms with Crippen LogP contribution >= 0.6 is 0 Å². The zero-order chi connectivity index (χ0) is 9.61. The minimum atomic E-state index is -4.11. The molecule has 0 bridgehead atoms. The molecule has 0 aromatic rings. The van der Waals surface area contributed by atoms with E-state index in [1.165, 1.54) is 0 Å². The number of hydrogen-bond donors (Lipinski definition) is 1. The normalized spacial score (nSPS) is 13.8. The second-order valence-electron chi connectivity index (χ2n) is 2.38. The van der Waals surface area contributed by atoms with E-state index >= 15 is 0 Å². The number of alkyl halides is 1. The minimum absolute atomic E-state index is 0.0690. The molecular formula is C7H11FO3S. The summed E-state index contributed by atoms with van der Waals surface area (Å²) in [5.41, 5.74) is 0. The van der Waals surface area contributed by atoms with Crippen LogP contribution in [0, 0.1) is 12.3 Å². The molecule has 70 valence electrons. The van der Waals surface area contributed by atoms with Crippen molar-refractivity contribution in [1.29, 1.82) is 0 Å². The Morgan fingerprint density at radius 1 is 1.58 bits per heavy atom. The largest absolute Gasteiger partial charge is 0.285 e. The van der Waals surface area contributed by atoms with E-state index in [2.05, 4.69) is 5.92 Å². The third kappa shape index (κ3) is 4.31. The molecule has 3 nitrogen and oxygen atoms in total. The van der Waals surface area contributed by atoms with Gasteiger partial charge in [0.05, 0.1) is 11.9 Å². The number of halogens is 1. The molecule has 1 N–H and O–H groups in total. The van der Waals surface area contributed by atoms with E-state index in [4.69, 9.17) is 11.0 Å². The van der Waals surface area contributed by atoms with Crippen molar-refractivity contribution in [2.75, 3.05) is 6.67 Å². The van der Waals surface area contributed by atoms with Crippen LogP contribution in [-0.4, -0.2) is 24.9 Å². The summed E-state index contributed by atoms with van der Waals surface area (Å²) in [4.78, 5) is 0. The Bertz CT molecular complexity index is 252. The van der Waals surface area contributed by atoms with Crippen LogP contribution in [0.25, 0.3) is 0 Å². The first-order chi connectivity index (χ1) is 5.52. The highest BCUT2D eigenvalue weighted by molar-refractivity contribution is 7.86. The third-order valence-corrected chi connectivity index (χ3v) is 2.67. The predicted octanol–water partition coefficient (Wildman–Crippen LogP) is 1.02. The highest BCUT2D eigenvalue weighted by Crippen LogP contribution is 2.10. The maximum Gasteiger partial charge on any atom is 0.268 e. The summed E-state index contributed by atoms with van der Waals surface area (Å²) in [7, 11) is -4.11. The van der Waals surface area contributed by atoms with Gasteiger partial charge in [-0.25, -0.2) is 0 Å². The fourth-order valence-corrected chi connectivity index (χ4v) is 1.56. The molecule has 0 amide bonds. The van der Waals surface area contributed by atoms with E-state index in [0.717, 1.165) is 0 Å². The lowest BCUT2D eigenvalue weighted by atomic mass is 10.2. The molecule has 1 atom stereocenters. The standard InChI is InChI=1S/C7H11FO3S/c1-2-4-7(5-3-6-8)12(9,10)11/h1,7H,3-6H2,(H,9,10,11). The van der Waals surface area contributed by atoms with Crippen molar-refractivity contribution < 1.29 is 17.4 Å². The van der Waals surface area contributed by atoms with Crippen LogP contribution < -0.4 is 0 Å². The van der Waals surface area contributed by atoms with Crippen molar-refractivity contribution in [1.82, 2.24) is 0 Å². The summed E-state index contributed by atoms with van der Waals surface area (Å²) in [6.07, 6.45) is 4.98. The van der Waals surface area contributed by atoms with Gasteiger partial charge in [0.1, 0.15) is 0 Å². The summed E-state index contributed by atoms with van der Waals surface area (Å²) < 4.78 is 41.4. The summed E-state index contributed by atoms with van der Waals surface area (Å²) in [6.45, 7) is -0.601. The van der Waals surface area contributed by atoms with E-state index < -0.39 is 22.0 Å². The molecule has 0 aromatic carbocycles. The van der Waals surface area contributed by atoms with Gasteiger partial charge in [0, 0.05) is 6.42 Å². The number of terminal acetylenes is 1. The maximum absolute atomic E-state index is 11.7. The molecule has 1 unspecified atom stereocenters. The second-order valence-corrected chi connectivity index (χ2v) is 4.07. The third-order valence-electron chi connectivity index (χ3n) is 1.43. The molecule has 0 radical (unpaired) electrons. The highest BCUT2D eigenvalue weighted by Gasteiger charge is 2.20. The molecule has 0 aromatic heterocycles. The molecule has 0 heterocycles. The summed E-state index contributed by atoms with van der Waals surface area (Å²) in [5, 5.41) is -1.02. The summed E-state index contributed by atoms with van der Waals surface area (Å²) in [6, 6.07) is 0. The first-order valence-corrected chi connectivity index (χ1v) is 4.98. The maximum atomic E-state index is 11.7. The van der Waals surface area contributed by atoms with E-state index in [9.17, 15) is 12.8 Å². The van der Waals surface area contributed by atoms with Gasteiger partial charge in [0.25, 0.3) is 10.1 Å². The Kier molecular flexibility index (Phi) is 4.86. The van der Waals surface area contributed by atoms with Gasteiger partial charge in [-0.3, -0.25) is 8.94 Å². The smallest absolute Gasteiger partial charge is 0.268 e. The SMILES string of the molecule is C#CCC(CCCF)S(=O)(=O)O. The van der Waals surface area contributed by atoms with Gasteiger partial charge in [-0.05, 0) is 12.8 Å². The van der Waals surface area contributed by atoms with Crippen LogP contribution in [0.3, 0.4) is 0 Å². The van der Waals surface area contributed by atoms with Crippen LogP contribution in [0.2, 0.25) is 0 Å². The first kappa shape index (κ1) is 11.4. The fraction of sp³-hybridized carbons (Fsp3) is 0.714. The average molecular weight is 194 g/mol. The molecule has 0 saturated heterocycles. The summed E-state index contributed by atoms with van der Waals surface area (Å²) in [5.74, 6) is 2.12. The quantitative estimate of drug-likeness (QED) is 0.525. The Balaban J connectivity index is 4.17.